The minimum atomic E-state index is -0.576. The molecule has 9 N–H and O–H groups in total. The highest BCUT2D eigenvalue weighted by atomic mass is 79.9. The Labute approximate surface area is 279 Å². The number of nitrogens with one attached hydrogen (secondary N) is 1. The van der Waals surface area contributed by atoms with Crippen LogP contribution in [0.5, 0.6) is 0 Å². The molecule has 3 aromatic rings. The Hall–Kier alpha value is -4.63. The van der Waals surface area contributed by atoms with Crippen molar-refractivity contribution in [3.63, 3.8) is 0 Å². The number of nitrogen functional groups attached to an aromatic ring is 4. The van der Waals surface area contributed by atoms with Gasteiger partial charge in [-0.3, -0.25) is 35.2 Å². The third kappa shape index (κ3) is 11.3. The van der Waals surface area contributed by atoms with Gasteiger partial charge in [-0.15, -0.1) is 0 Å². The Kier molecular flexibility index (Phi) is 15.0. The van der Waals surface area contributed by atoms with Crippen molar-refractivity contribution in [3.8, 4) is 0 Å². The average Bonchev–Trinajstić information content (AvgIpc) is 3.09. The molecule has 256 valence electrons. The van der Waals surface area contributed by atoms with Gasteiger partial charge in [0.25, 0.3) is 0 Å². The van der Waals surface area contributed by atoms with Gasteiger partial charge in [0.15, 0.2) is 0 Å². The number of morpholine rings is 3. The number of nitro groups is 2. The molecular formula is C27H39BrN12O7. The molecule has 0 unspecified atom stereocenters. The van der Waals surface area contributed by atoms with Crippen molar-refractivity contribution < 1.29 is 24.1 Å². The highest BCUT2D eigenvalue weighted by molar-refractivity contribution is 9.10. The quantitative estimate of drug-likeness (QED) is 0.188. The summed E-state index contributed by atoms with van der Waals surface area (Å²) in [4.78, 5) is 35.4. The van der Waals surface area contributed by atoms with Crippen molar-refractivity contribution >= 4 is 61.4 Å². The van der Waals surface area contributed by atoms with E-state index in [-0.39, 0.29) is 22.7 Å². The molecule has 0 radical (unpaired) electrons. The molecule has 0 aliphatic carbocycles. The van der Waals surface area contributed by atoms with Crippen molar-refractivity contribution in [3.05, 3.63) is 61.9 Å². The van der Waals surface area contributed by atoms with Gasteiger partial charge in [0.05, 0.1) is 95.3 Å². The number of halogens is 1. The first-order valence-corrected chi connectivity index (χ1v) is 15.2. The molecule has 0 bridgehead atoms. The lowest BCUT2D eigenvalue weighted by molar-refractivity contribution is -0.384. The van der Waals surface area contributed by atoms with Crippen molar-refractivity contribution in [2.75, 3.05) is 112 Å². The number of hydrogen-bond acceptors (Lipinski definition) is 17. The van der Waals surface area contributed by atoms with Crippen molar-refractivity contribution in [2.24, 2.45) is 0 Å². The maximum absolute atomic E-state index is 10.7. The van der Waals surface area contributed by atoms with Gasteiger partial charge in [-0.1, -0.05) is 0 Å². The number of hydrogen-bond donors (Lipinski definition) is 5. The fourth-order valence-electron chi connectivity index (χ4n) is 4.28. The summed E-state index contributed by atoms with van der Waals surface area (Å²) in [5, 5.41) is 24.1. The van der Waals surface area contributed by atoms with Crippen LogP contribution in [0.4, 0.5) is 45.5 Å². The molecule has 3 saturated heterocycles. The summed E-state index contributed by atoms with van der Waals surface area (Å²) in [6.07, 6.45) is 8.55. The summed E-state index contributed by atoms with van der Waals surface area (Å²) in [5.74, 6) is 0. The van der Waals surface area contributed by atoms with Gasteiger partial charge in [-0.2, -0.15) is 0 Å². The van der Waals surface area contributed by atoms with E-state index in [1.807, 2.05) is 4.90 Å². The Bertz CT molecular complexity index is 1440. The van der Waals surface area contributed by atoms with E-state index in [4.69, 9.17) is 37.1 Å². The third-order valence-corrected chi connectivity index (χ3v) is 7.44. The number of anilines is 6. The molecule has 3 fully saturated rings. The lowest BCUT2D eigenvalue weighted by Crippen LogP contribution is -2.36. The van der Waals surface area contributed by atoms with E-state index in [1.54, 1.807) is 18.6 Å². The van der Waals surface area contributed by atoms with Gasteiger partial charge in [-0.05, 0) is 15.9 Å². The first kappa shape index (κ1) is 36.8. The minimum Gasteiger partial charge on any atom is -0.396 e. The van der Waals surface area contributed by atoms with Crippen LogP contribution in [-0.2, 0) is 14.2 Å². The van der Waals surface area contributed by atoms with Gasteiger partial charge in [0.2, 0.25) is 0 Å². The number of nitrogens with two attached hydrogens (primary N) is 4. The van der Waals surface area contributed by atoms with E-state index >= 15 is 0 Å². The zero-order valence-corrected chi connectivity index (χ0v) is 27.2. The SMILES string of the molecule is C1COCCN1.Nc1c(Br)cncc1[N+](=O)[O-].Nc1c(N2CCOCC2)cncc1[N+](=O)[O-].Nc1cncc(N2CCOCC2)c1N. The molecule has 6 rings (SSSR count). The lowest BCUT2D eigenvalue weighted by atomic mass is 10.2. The Morgan fingerprint density at radius 3 is 1.49 bits per heavy atom. The van der Waals surface area contributed by atoms with Gasteiger partial charge < -0.3 is 52.3 Å². The molecule has 6 heterocycles. The van der Waals surface area contributed by atoms with E-state index in [9.17, 15) is 20.2 Å². The molecule has 19 nitrogen and oxygen atoms in total. The average molecular weight is 724 g/mol. The fourth-order valence-corrected chi connectivity index (χ4v) is 4.60. The highest BCUT2D eigenvalue weighted by Gasteiger charge is 2.21. The van der Waals surface area contributed by atoms with Crippen LogP contribution in [0.15, 0.2) is 41.7 Å². The number of pyridine rings is 3. The molecule has 3 aliphatic rings. The number of rotatable bonds is 4. The molecule has 0 spiro atoms. The molecule has 20 heteroatoms. The van der Waals surface area contributed by atoms with Crippen LogP contribution in [0.2, 0.25) is 0 Å². The van der Waals surface area contributed by atoms with E-state index in [1.165, 1.54) is 12.4 Å². The third-order valence-electron chi connectivity index (χ3n) is 6.80. The van der Waals surface area contributed by atoms with Gasteiger partial charge in [0, 0.05) is 45.5 Å². The Balaban J connectivity index is 0.000000178. The van der Waals surface area contributed by atoms with Crippen LogP contribution >= 0.6 is 15.9 Å². The van der Waals surface area contributed by atoms with Crippen LogP contribution < -0.4 is 38.1 Å². The molecule has 3 aromatic heterocycles. The van der Waals surface area contributed by atoms with Crippen LogP contribution in [0, 0.1) is 20.2 Å². The summed E-state index contributed by atoms with van der Waals surface area (Å²) < 4.78 is 15.9. The first-order chi connectivity index (χ1) is 22.6. The predicted molar refractivity (Wildman–Crippen MR) is 181 cm³/mol. The predicted octanol–water partition coefficient (Wildman–Crippen LogP) is 1.43. The second-order valence-electron chi connectivity index (χ2n) is 9.88. The molecule has 47 heavy (non-hydrogen) atoms. The van der Waals surface area contributed by atoms with Crippen LogP contribution in [0.3, 0.4) is 0 Å². The van der Waals surface area contributed by atoms with Crippen LogP contribution in [-0.4, -0.2) is 104 Å². The van der Waals surface area contributed by atoms with E-state index in [0.717, 1.165) is 64.5 Å². The van der Waals surface area contributed by atoms with E-state index < -0.39 is 9.85 Å². The Morgan fingerprint density at radius 1 is 0.638 bits per heavy atom. The summed E-state index contributed by atoms with van der Waals surface area (Å²) in [6, 6.07) is 0. The summed E-state index contributed by atoms with van der Waals surface area (Å²) >= 11 is 3.02. The topological polar surface area (TPSA) is 275 Å². The standard InChI is InChI=1S/C9H12N4O3.C9H14N4O.C5H4BrN3O2.C4H9NO/c10-9-7(12-1-3-16-4-2-12)5-11-6-8(9)13(14)15;10-7-5-12-6-8(9(7)11)13-1-3-14-4-2-13;6-3-1-8-2-4(5(3)7)9(10)11;1-3-6-4-2-5-1/h5-6H,1-4H2,(H2,10,11);5-6H,1-4,10H2,(H2,11,12);1-2H,(H2,7,8);5H,1-4H2. The molecule has 3 aliphatic heterocycles. The van der Waals surface area contributed by atoms with Gasteiger partial charge >= 0.3 is 11.4 Å². The summed E-state index contributed by atoms with van der Waals surface area (Å²) in [6.45, 7) is 9.53. The lowest BCUT2D eigenvalue weighted by Gasteiger charge is -2.29. The first-order valence-electron chi connectivity index (χ1n) is 14.5. The van der Waals surface area contributed by atoms with Crippen molar-refractivity contribution in [1.29, 1.82) is 0 Å². The number of ether oxygens (including phenoxy) is 3. The second kappa shape index (κ2) is 19.1. The monoisotopic (exact) mass is 722 g/mol. The van der Waals surface area contributed by atoms with Crippen molar-refractivity contribution in [2.45, 2.75) is 0 Å². The van der Waals surface area contributed by atoms with Crippen LogP contribution in [0.1, 0.15) is 0 Å². The highest BCUT2D eigenvalue weighted by Crippen LogP contribution is 2.31. The smallest absolute Gasteiger partial charge is 0.312 e. The maximum Gasteiger partial charge on any atom is 0.312 e. The molecule has 0 amide bonds. The fraction of sp³-hybridized carbons (Fsp3) is 0.444. The normalized spacial score (nSPS) is 15.9. The largest absolute Gasteiger partial charge is 0.396 e. The zero-order chi connectivity index (χ0) is 34.2. The zero-order valence-electron chi connectivity index (χ0n) is 25.6. The number of nitrogens with zero attached hydrogens (tertiary/aromatic N) is 7. The second-order valence-corrected chi connectivity index (χ2v) is 10.7. The van der Waals surface area contributed by atoms with Crippen molar-refractivity contribution in [1.82, 2.24) is 20.3 Å². The maximum atomic E-state index is 10.7. The summed E-state index contributed by atoms with van der Waals surface area (Å²) in [5.41, 5.74) is 25.3. The van der Waals surface area contributed by atoms with Crippen LogP contribution in [0.25, 0.3) is 0 Å². The summed E-state index contributed by atoms with van der Waals surface area (Å²) in [7, 11) is 0. The Morgan fingerprint density at radius 2 is 1.06 bits per heavy atom. The minimum absolute atomic E-state index is 0.102. The van der Waals surface area contributed by atoms with Gasteiger partial charge in [-0.25, -0.2) is 0 Å². The van der Waals surface area contributed by atoms with Gasteiger partial charge in [0.1, 0.15) is 23.8 Å². The molecular weight excluding hydrogens is 684 g/mol. The molecule has 0 saturated carbocycles. The van der Waals surface area contributed by atoms with E-state index in [2.05, 4.69) is 41.1 Å². The van der Waals surface area contributed by atoms with E-state index in [0.29, 0.717) is 47.8 Å². The number of aromatic nitrogens is 3. The molecule has 0 atom stereocenters. The molecule has 0 aromatic carbocycles.